The first kappa shape index (κ1) is 22.3. The van der Waals surface area contributed by atoms with Crippen LogP contribution in [0.25, 0.3) is 10.2 Å². The molecule has 1 aromatic heterocycles. The lowest BCUT2D eigenvalue weighted by Gasteiger charge is -2.35. The Kier molecular flexibility index (Phi) is 5.33. The van der Waals surface area contributed by atoms with Gasteiger partial charge in [0.05, 0.1) is 28.7 Å². The minimum absolute atomic E-state index is 0.0888. The van der Waals surface area contributed by atoms with E-state index in [1.165, 1.54) is 4.31 Å². The maximum Gasteiger partial charge on any atom is 0.307 e. The number of hydrogen-bond acceptors (Lipinski definition) is 6. The van der Waals surface area contributed by atoms with Crippen LogP contribution in [0.15, 0.2) is 41.2 Å². The molecule has 0 aliphatic carbocycles. The second-order valence-corrected chi connectivity index (χ2v) is 11.8. The van der Waals surface area contributed by atoms with Crippen molar-refractivity contribution < 1.29 is 17.9 Å². The highest BCUT2D eigenvalue weighted by molar-refractivity contribution is 7.92. The van der Waals surface area contributed by atoms with Gasteiger partial charge in [-0.15, -0.1) is 0 Å². The van der Waals surface area contributed by atoms with Gasteiger partial charge >= 0.3 is 4.87 Å². The summed E-state index contributed by atoms with van der Waals surface area (Å²) < 4.78 is 34.5. The number of ether oxygens (including phenoxy) is 1. The fourth-order valence-corrected chi connectivity index (χ4v) is 5.43. The molecule has 0 radical (unpaired) electrons. The second kappa shape index (κ2) is 7.63. The Morgan fingerprint density at radius 2 is 1.91 bits per heavy atom. The summed E-state index contributed by atoms with van der Waals surface area (Å²) in [6.07, 6.45) is 0.0921. The van der Waals surface area contributed by atoms with Gasteiger partial charge in [0.1, 0.15) is 5.75 Å². The van der Waals surface area contributed by atoms with Crippen molar-refractivity contribution in [2.45, 2.75) is 32.3 Å². The largest absolute Gasteiger partial charge is 0.476 e. The number of thiazole rings is 1. The van der Waals surface area contributed by atoms with E-state index in [-0.39, 0.29) is 16.8 Å². The summed E-state index contributed by atoms with van der Waals surface area (Å²) in [5.41, 5.74) is 2.51. The Bertz CT molecular complexity index is 1380. The molecule has 2 heterocycles. The van der Waals surface area contributed by atoms with Crippen molar-refractivity contribution in [2.75, 3.05) is 22.4 Å². The summed E-state index contributed by atoms with van der Waals surface area (Å²) in [7, 11) is -1.94. The number of aryl methyl sites for hydroxylation is 1. The van der Waals surface area contributed by atoms with Gasteiger partial charge in [0.25, 0.3) is 5.91 Å². The number of aromatic nitrogens is 1. The van der Waals surface area contributed by atoms with E-state index >= 15 is 0 Å². The lowest BCUT2D eigenvalue weighted by atomic mass is 9.86. The van der Waals surface area contributed by atoms with E-state index in [0.29, 0.717) is 17.1 Å². The quantitative estimate of drug-likeness (QED) is 0.628. The van der Waals surface area contributed by atoms with E-state index in [1.807, 2.05) is 26.8 Å². The topological polar surface area (TPSA) is 97.7 Å². The maximum absolute atomic E-state index is 13.0. The lowest BCUT2D eigenvalue weighted by molar-refractivity contribution is -0.122. The number of anilines is 2. The van der Waals surface area contributed by atoms with E-state index < -0.39 is 22.0 Å². The van der Waals surface area contributed by atoms with Gasteiger partial charge in [0.15, 0.2) is 6.10 Å². The van der Waals surface area contributed by atoms with Crippen molar-refractivity contribution in [1.82, 2.24) is 4.57 Å². The van der Waals surface area contributed by atoms with Crippen LogP contribution in [0, 0.1) is 0 Å². The van der Waals surface area contributed by atoms with E-state index in [1.54, 1.807) is 41.9 Å². The Hall–Kier alpha value is -2.85. The van der Waals surface area contributed by atoms with Gasteiger partial charge in [-0.05, 0) is 41.3 Å². The first-order valence-electron chi connectivity index (χ1n) is 10.0. The highest BCUT2D eigenvalue weighted by Gasteiger charge is 2.36. The van der Waals surface area contributed by atoms with Crippen molar-refractivity contribution in [3.63, 3.8) is 0 Å². The van der Waals surface area contributed by atoms with Crippen molar-refractivity contribution in [2.24, 2.45) is 7.05 Å². The fourth-order valence-electron chi connectivity index (χ4n) is 3.60. The number of fused-ring (bicyclic) bond motifs is 2. The van der Waals surface area contributed by atoms with Crippen LogP contribution in [0.4, 0.5) is 11.4 Å². The van der Waals surface area contributed by atoms with Crippen LogP contribution in [0.3, 0.4) is 0 Å². The molecular weight excluding hydrogens is 450 g/mol. The van der Waals surface area contributed by atoms with E-state index in [9.17, 15) is 18.0 Å². The standard InChI is InChI=1S/C22H25N3O5S2/c1-22(2,3)13-6-9-17-16(10-13)25(32(5,28)29)12-18(30-17)20(26)23-14-7-8-15-19(11-14)31-21(27)24(15)4/h6-11,18H,12H2,1-5H3,(H,23,26). The highest BCUT2D eigenvalue weighted by atomic mass is 32.2. The molecule has 1 atom stereocenters. The van der Waals surface area contributed by atoms with Gasteiger partial charge in [-0.3, -0.25) is 13.9 Å². The van der Waals surface area contributed by atoms with E-state index in [2.05, 4.69) is 5.32 Å². The Labute approximate surface area is 190 Å². The number of benzene rings is 2. The lowest BCUT2D eigenvalue weighted by Crippen LogP contribution is -2.48. The van der Waals surface area contributed by atoms with Crippen LogP contribution in [0.1, 0.15) is 26.3 Å². The minimum Gasteiger partial charge on any atom is -0.476 e. The normalized spacial score (nSPS) is 16.5. The van der Waals surface area contributed by atoms with Gasteiger partial charge in [-0.2, -0.15) is 0 Å². The predicted molar refractivity (Wildman–Crippen MR) is 127 cm³/mol. The average Bonchev–Trinajstić information content (AvgIpc) is 2.98. The van der Waals surface area contributed by atoms with Crippen molar-refractivity contribution in [3.05, 3.63) is 51.6 Å². The van der Waals surface area contributed by atoms with Gasteiger partial charge in [0, 0.05) is 12.7 Å². The molecule has 2 aromatic carbocycles. The second-order valence-electron chi connectivity index (χ2n) is 8.93. The number of nitrogens with zero attached hydrogens (tertiary/aromatic N) is 2. The zero-order valence-electron chi connectivity index (χ0n) is 18.5. The number of sulfonamides is 1. The SMILES string of the molecule is Cn1c(=O)sc2cc(NC(=O)C3CN(S(C)(=O)=O)c4cc(C(C)(C)C)ccc4O3)ccc21. The van der Waals surface area contributed by atoms with Crippen molar-refractivity contribution in [1.29, 1.82) is 0 Å². The van der Waals surface area contributed by atoms with E-state index in [0.717, 1.165) is 33.4 Å². The molecule has 1 unspecified atom stereocenters. The molecule has 1 aliphatic heterocycles. The first-order valence-corrected chi connectivity index (χ1v) is 12.7. The summed E-state index contributed by atoms with van der Waals surface area (Å²) in [5, 5.41) is 2.78. The Balaban J connectivity index is 1.63. The van der Waals surface area contributed by atoms with Crippen molar-refractivity contribution in [3.8, 4) is 5.75 Å². The third kappa shape index (κ3) is 4.12. The molecule has 1 N–H and O–H groups in total. The molecule has 0 saturated carbocycles. The van der Waals surface area contributed by atoms with E-state index in [4.69, 9.17) is 4.74 Å². The number of carbonyl (C=O) groups excluding carboxylic acids is 1. The number of hydrogen-bond donors (Lipinski definition) is 1. The molecule has 0 spiro atoms. The van der Waals surface area contributed by atoms with Crippen LogP contribution in [0.5, 0.6) is 5.75 Å². The van der Waals surface area contributed by atoms with Crippen LogP contribution >= 0.6 is 11.3 Å². The summed E-state index contributed by atoms with van der Waals surface area (Å²) in [5.74, 6) is -0.126. The molecule has 0 bridgehead atoms. The highest BCUT2D eigenvalue weighted by Crippen LogP contribution is 2.38. The summed E-state index contributed by atoms with van der Waals surface area (Å²) in [6.45, 7) is 5.99. The zero-order chi connectivity index (χ0) is 23.4. The predicted octanol–water partition coefficient (Wildman–Crippen LogP) is 3.06. The Morgan fingerprint density at radius 1 is 1.19 bits per heavy atom. The molecule has 8 nitrogen and oxygen atoms in total. The molecule has 10 heteroatoms. The number of rotatable bonds is 3. The van der Waals surface area contributed by atoms with Gasteiger partial charge in [0.2, 0.25) is 10.0 Å². The first-order chi connectivity index (χ1) is 14.8. The molecule has 170 valence electrons. The monoisotopic (exact) mass is 475 g/mol. The molecule has 32 heavy (non-hydrogen) atoms. The fraction of sp³-hybridized carbons (Fsp3) is 0.364. The van der Waals surface area contributed by atoms with Crippen molar-refractivity contribution >= 4 is 48.9 Å². The van der Waals surface area contributed by atoms with Crippen LogP contribution < -0.4 is 19.2 Å². The maximum atomic E-state index is 13.0. The number of nitrogens with one attached hydrogen (secondary N) is 1. The van der Waals surface area contributed by atoms with Crippen LogP contribution in [-0.4, -0.2) is 37.8 Å². The third-order valence-electron chi connectivity index (χ3n) is 5.45. The molecule has 0 saturated heterocycles. The Morgan fingerprint density at radius 3 is 2.56 bits per heavy atom. The van der Waals surface area contributed by atoms with Gasteiger partial charge in [-0.1, -0.05) is 38.2 Å². The third-order valence-corrected chi connectivity index (χ3v) is 7.59. The summed E-state index contributed by atoms with van der Waals surface area (Å²) >= 11 is 1.09. The summed E-state index contributed by atoms with van der Waals surface area (Å²) in [6, 6.07) is 10.6. The number of amides is 1. The molecule has 1 amide bonds. The van der Waals surface area contributed by atoms with Crippen LogP contribution in [0.2, 0.25) is 0 Å². The molecule has 1 aliphatic rings. The average molecular weight is 476 g/mol. The summed E-state index contributed by atoms with van der Waals surface area (Å²) in [4.78, 5) is 24.7. The molecular formula is C22H25N3O5S2. The zero-order valence-corrected chi connectivity index (χ0v) is 20.1. The molecule has 0 fully saturated rings. The van der Waals surface area contributed by atoms with Gasteiger partial charge in [-0.25, -0.2) is 8.42 Å². The van der Waals surface area contributed by atoms with Gasteiger partial charge < -0.3 is 14.6 Å². The smallest absolute Gasteiger partial charge is 0.307 e. The molecule has 4 rings (SSSR count). The minimum atomic E-state index is -3.63. The number of carbonyl (C=O) groups is 1. The molecule has 3 aromatic rings. The van der Waals surface area contributed by atoms with Crippen LogP contribution in [-0.2, 0) is 27.3 Å².